The van der Waals surface area contributed by atoms with E-state index >= 15 is 0 Å². The highest BCUT2D eigenvalue weighted by Gasteiger charge is 2.40. The van der Waals surface area contributed by atoms with Crippen molar-refractivity contribution in [3.8, 4) is 0 Å². The third-order valence-corrected chi connectivity index (χ3v) is 3.62. The molecule has 4 nitrogen and oxygen atoms in total. The Morgan fingerprint density at radius 3 is 2.74 bits per heavy atom. The summed E-state index contributed by atoms with van der Waals surface area (Å²) in [5.74, 6) is -0.292. The molecule has 1 N–H and O–H groups in total. The summed E-state index contributed by atoms with van der Waals surface area (Å²) in [6, 6.07) is 5.24. The lowest BCUT2D eigenvalue weighted by atomic mass is 10.2. The van der Waals surface area contributed by atoms with Crippen LogP contribution in [-0.4, -0.2) is 18.5 Å². The Labute approximate surface area is 117 Å². The van der Waals surface area contributed by atoms with E-state index in [4.69, 9.17) is 16.3 Å². The molecular weight excluding hydrogens is 266 g/mol. The molecule has 2 atom stereocenters. The Bertz CT molecular complexity index is 515. The van der Waals surface area contributed by atoms with Gasteiger partial charge in [0.05, 0.1) is 5.92 Å². The number of benzene rings is 1. The number of hydrogen-bond donors (Lipinski definition) is 1. The molecular formula is C14H16ClNO3. The summed E-state index contributed by atoms with van der Waals surface area (Å²) in [6.45, 7) is 3.61. The van der Waals surface area contributed by atoms with Crippen molar-refractivity contribution in [2.75, 3.05) is 11.9 Å². The number of nitrogens with one attached hydrogen (secondary N) is 1. The maximum absolute atomic E-state index is 11.6. The number of carbonyl (C=O) groups excluding carboxylic acids is 2. The first-order valence-corrected chi connectivity index (χ1v) is 6.58. The van der Waals surface area contributed by atoms with E-state index < -0.39 is 0 Å². The number of esters is 1. The van der Waals surface area contributed by atoms with E-state index in [1.54, 1.807) is 12.1 Å². The van der Waals surface area contributed by atoms with Gasteiger partial charge >= 0.3 is 5.97 Å². The molecule has 1 aromatic rings. The third-order valence-electron chi connectivity index (χ3n) is 3.21. The van der Waals surface area contributed by atoms with Gasteiger partial charge in [0.25, 0.3) is 5.91 Å². The van der Waals surface area contributed by atoms with Gasteiger partial charge in [0.1, 0.15) is 0 Å². The molecule has 0 heterocycles. The molecule has 19 heavy (non-hydrogen) atoms. The van der Waals surface area contributed by atoms with Gasteiger partial charge in [0.15, 0.2) is 6.61 Å². The van der Waals surface area contributed by atoms with Gasteiger partial charge in [0, 0.05) is 10.7 Å². The molecule has 5 heteroatoms. The summed E-state index contributed by atoms with van der Waals surface area (Å²) in [5.41, 5.74) is 1.53. The molecule has 0 bridgehead atoms. The van der Waals surface area contributed by atoms with E-state index in [0.29, 0.717) is 16.6 Å². The van der Waals surface area contributed by atoms with Crippen LogP contribution in [0.3, 0.4) is 0 Å². The highest BCUT2D eigenvalue weighted by atomic mass is 35.5. The lowest BCUT2D eigenvalue weighted by molar-refractivity contribution is -0.148. The highest BCUT2D eigenvalue weighted by Crippen LogP contribution is 2.38. The summed E-state index contributed by atoms with van der Waals surface area (Å²) < 4.78 is 4.94. The summed E-state index contributed by atoms with van der Waals surface area (Å²) >= 11 is 5.95. The van der Waals surface area contributed by atoms with Crippen molar-refractivity contribution in [1.82, 2.24) is 0 Å². The van der Waals surface area contributed by atoms with Gasteiger partial charge < -0.3 is 10.1 Å². The number of rotatable bonds is 4. The van der Waals surface area contributed by atoms with Crippen LogP contribution in [0, 0.1) is 18.8 Å². The maximum atomic E-state index is 11.6. The van der Waals surface area contributed by atoms with Gasteiger partial charge in [-0.1, -0.05) is 24.6 Å². The van der Waals surface area contributed by atoms with Crippen molar-refractivity contribution in [3.05, 3.63) is 28.8 Å². The minimum atomic E-state index is -0.360. The van der Waals surface area contributed by atoms with Gasteiger partial charge in [-0.15, -0.1) is 0 Å². The van der Waals surface area contributed by atoms with Crippen molar-refractivity contribution in [1.29, 1.82) is 0 Å². The zero-order chi connectivity index (χ0) is 14.0. The quantitative estimate of drug-likeness (QED) is 0.864. The Morgan fingerprint density at radius 1 is 1.47 bits per heavy atom. The Kier molecular flexibility index (Phi) is 4.10. The molecule has 1 saturated carbocycles. The van der Waals surface area contributed by atoms with Crippen LogP contribution in [-0.2, 0) is 14.3 Å². The monoisotopic (exact) mass is 281 g/mol. The van der Waals surface area contributed by atoms with Crippen molar-refractivity contribution in [3.63, 3.8) is 0 Å². The number of halogens is 1. The summed E-state index contributed by atoms with van der Waals surface area (Å²) in [7, 11) is 0. The molecule has 0 saturated heterocycles. The highest BCUT2D eigenvalue weighted by molar-refractivity contribution is 6.31. The minimum absolute atomic E-state index is 0.0263. The number of ether oxygens (including phenoxy) is 1. The van der Waals surface area contributed by atoms with Crippen LogP contribution < -0.4 is 5.32 Å². The molecule has 1 aliphatic carbocycles. The predicted octanol–water partition coefficient (Wildman–Crippen LogP) is 2.79. The standard InChI is InChI=1S/C14H16ClNO3/c1-8-3-4-10(6-12(8)15)16-13(17)7-19-14(18)11-5-9(11)2/h3-4,6,9,11H,5,7H2,1-2H3,(H,16,17)/t9-,11+/m0/s1. The summed E-state index contributed by atoms with van der Waals surface area (Å²) in [6.07, 6.45) is 0.855. The lowest BCUT2D eigenvalue weighted by Crippen LogP contribution is -2.21. The van der Waals surface area contributed by atoms with E-state index in [1.807, 2.05) is 19.9 Å². The van der Waals surface area contributed by atoms with Crippen LogP contribution in [0.5, 0.6) is 0 Å². The fourth-order valence-electron chi connectivity index (χ4n) is 1.76. The van der Waals surface area contributed by atoms with Crippen molar-refractivity contribution in [2.24, 2.45) is 11.8 Å². The average Bonchev–Trinajstić information content (AvgIpc) is 3.08. The Morgan fingerprint density at radius 2 is 2.16 bits per heavy atom. The summed E-state index contributed by atoms with van der Waals surface area (Å²) in [5, 5.41) is 3.22. The number of aryl methyl sites for hydroxylation is 1. The Balaban J connectivity index is 1.80. The van der Waals surface area contributed by atoms with Gasteiger partial charge in [-0.25, -0.2) is 0 Å². The normalized spacial score (nSPS) is 20.8. The second-order valence-electron chi connectivity index (χ2n) is 4.94. The molecule has 0 aliphatic heterocycles. The van der Waals surface area contributed by atoms with Gasteiger partial charge in [-0.05, 0) is 37.0 Å². The van der Waals surface area contributed by atoms with Crippen LogP contribution in [0.15, 0.2) is 18.2 Å². The van der Waals surface area contributed by atoms with E-state index in [9.17, 15) is 9.59 Å². The van der Waals surface area contributed by atoms with Crippen LogP contribution in [0.25, 0.3) is 0 Å². The molecule has 2 rings (SSSR count). The van der Waals surface area contributed by atoms with E-state index in [1.165, 1.54) is 0 Å². The molecule has 0 unspecified atom stereocenters. The van der Waals surface area contributed by atoms with Gasteiger partial charge in [0.2, 0.25) is 0 Å². The van der Waals surface area contributed by atoms with Gasteiger partial charge in [-0.2, -0.15) is 0 Å². The SMILES string of the molecule is Cc1ccc(NC(=O)COC(=O)[C@@H]2C[C@@H]2C)cc1Cl. The zero-order valence-corrected chi connectivity index (χ0v) is 11.7. The molecule has 1 amide bonds. The van der Waals surface area contributed by atoms with E-state index in [-0.39, 0.29) is 24.4 Å². The maximum Gasteiger partial charge on any atom is 0.309 e. The molecule has 0 aromatic heterocycles. The number of hydrogen-bond acceptors (Lipinski definition) is 3. The average molecular weight is 282 g/mol. The molecule has 0 spiro atoms. The molecule has 1 fully saturated rings. The van der Waals surface area contributed by atoms with Crippen LogP contribution in [0.2, 0.25) is 5.02 Å². The zero-order valence-electron chi connectivity index (χ0n) is 10.9. The van der Waals surface area contributed by atoms with Crippen LogP contribution in [0.4, 0.5) is 5.69 Å². The number of carbonyl (C=O) groups is 2. The first kappa shape index (κ1) is 13.9. The second kappa shape index (κ2) is 5.61. The molecule has 1 aromatic carbocycles. The molecule has 102 valence electrons. The fourth-order valence-corrected chi connectivity index (χ4v) is 1.94. The first-order chi connectivity index (χ1) is 8.97. The smallest absolute Gasteiger partial charge is 0.309 e. The minimum Gasteiger partial charge on any atom is -0.455 e. The third kappa shape index (κ3) is 3.70. The Hall–Kier alpha value is -1.55. The largest absolute Gasteiger partial charge is 0.455 e. The topological polar surface area (TPSA) is 55.4 Å². The number of anilines is 1. The van der Waals surface area contributed by atoms with E-state index in [0.717, 1.165) is 12.0 Å². The molecule has 1 aliphatic rings. The van der Waals surface area contributed by atoms with Gasteiger partial charge in [-0.3, -0.25) is 9.59 Å². The van der Waals surface area contributed by atoms with Crippen LogP contribution >= 0.6 is 11.6 Å². The van der Waals surface area contributed by atoms with Crippen LogP contribution in [0.1, 0.15) is 18.9 Å². The van der Waals surface area contributed by atoms with Crippen molar-refractivity contribution in [2.45, 2.75) is 20.3 Å². The van der Waals surface area contributed by atoms with E-state index in [2.05, 4.69) is 5.32 Å². The predicted molar refractivity (Wildman–Crippen MR) is 73.0 cm³/mol. The molecule has 0 radical (unpaired) electrons. The van der Waals surface area contributed by atoms with Crippen molar-refractivity contribution >= 4 is 29.2 Å². The summed E-state index contributed by atoms with van der Waals surface area (Å²) in [4.78, 5) is 23.1. The second-order valence-corrected chi connectivity index (χ2v) is 5.35. The van der Waals surface area contributed by atoms with Crippen molar-refractivity contribution < 1.29 is 14.3 Å². The lowest BCUT2D eigenvalue weighted by Gasteiger charge is -2.07. The first-order valence-electron chi connectivity index (χ1n) is 6.20. The fraction of sp³-hybridized carbons (Fsp3) is 0.429. The number of amides is 1.